The highest BCUT2D eigenvalue weighted by molar-refractivity contribution is 5.90. The molecule has 1 N–H and O–H groups in total. The van der Waals surface area contributed by atoms with E-state index < -0.39 is 0 Å². The average Bonchev–Trinajstić information content (AvgIpc) is 2.91. The molecule has 0 radical (unpaired) electrons. The average molecular weight is 261 g/mol. The minimum Gasteiger partial charge on any atom is -0.375 e. The lowest BCUT2D eigenvalue weighted by Gasteiger charge is -2.15. The molecule has 0 bridgehead atoms. The van der Waals surface area contributed by atoms with Gasteiger partial charge in [0.2, 0.25) is 0 Å². The van der Waals surface area contributed by atoms with Crippen LogP contribution in [0.5, 0.6) is 0 Å². The first-order valence-corrected chi connectivity index (χ1v) is 6.96. The molecule has 1 aliphatic rings. The number of aryl methyl sites for hydroxylation is 1. The van der Waals surface area contributed by atoms with Gasteiger partial charge in [0, 0.05) is 17.8 Å². The van der Waals surface area contributed by atoms with Gasteiger partial charge in [0.15, 0.2) is 0 Å². The topological polar surface area (TPSA) is 37.8 Å². The predicted octanol–water partition coefficient (Wildman–Crippen LogP) is 3.73. The van der Waals surface area contributed by atoms with Crippen LogP contribution in [0.15, 0.2) is 54.9 Å². The molecule has 2 aromatic heterocycles. The van der Waals surface area contributed by atoms with E-state index in [0.29, 0.717) is 6.04 Å². The first-order chi connectivity index (χ1) is 9.92. The number of rotatable bonds is 2. The first kappa shape index (κ1) is 11.4. The van der Waals surface area contributed by atoms with Gasteiger partial charge in [-0.2, -0.15) is 0 Å². The summed E-state index contributed by atoms with van der Waals surface area (Å²) in [5.41, 5.74) is 4.66. The number of para-hydroxylation sites is 1. The van der Waals surface area contributed by atoms with Gasteiger partial charge >= 0.3 is 0 Å². The zero-order chi connectivity index (χ0) is 13.4. The van der Waals surface area contributed by atoms with Crippen molar-refractivity contribution in [2.45, 2.75) is 18.9 Å². The number of pyridine rings is 2. The Labute approximate surface area is 117 Å². The minimum atomic E-state index is 0.291. The van der Waals surface area contributed by atoms with Gasteiger partial charge in [-0.05, 0) is 36.6 Å². The van der Waals surface area contributed by atoms with Crippen molar-refractivity contribution in [2.24, 2.45) is 0 Å². The summed E-state index contributed by atoms with van der Waals surface area (Å²) in [6.45, 7) is 0. The summed E-state index contributed by atoms with van der Waals surface area (Å²) in [6.07, 6.45) is 5.91. The summed E-state index contributed by atoms with van der Waals surface area (Å²) < 4.78 is 0. The molecule has 1 unspecified atom stereocenters. The van der Waals surface area contributed by atoms with Crippen LogP contribution in [0, 0.1) is 0 Å². The van der Waals surface area contributed by atoms with Crippen LogP contribution < -0.4 is 5.32 Å². The summed E-state index contributed by atoms with van der Waals surface area (Å²) in [7, 11) is 0. The zero-order valence-corrected chi connectivity index (χ0v) is 11.1. The number of anilines is 1. The molecule has 0 spiro atoms. The molecule has 3 aromatic rings. The van der Waals surface area contributed by atoms with Crippen LogP contribution in [-0.4, -0.2) is 9.97 Å². The maximum Gasteiger partial charge on any atom is 0.0933 e. The Hall–Kier alpha value is -2.42. The molecule has 3 heteroatoms. The third-order valence-electron chi connectivity index (χ3n) is 3.92. The Morgan fingerprint density at radius 1 is 0.950 bits per heavy atom. The van der Waals surface area contributed by atoms with E-state index in [2.05, 4.69) is 45.6 Å². The van der Waals surface area contributed by atoms with Gasteiger partial charge in [0.05, 0.1) is 22.9 Å². The van der Waals surface area contributed by atoms with Crippen LogP contribution in [0.2, 0.25) is 0 Å². The van der Waals surface area contributed by atoms with E-state index in [1.54, 1.807) is 0 Å². The van der Waals surface area contributed by atoms with Crippen LogP contribution in [0.3, 0.4) is 0 Å². The number of hydrogen-bond acceptors (Lipinski definition) is 3. The molecule has 0 saturated heterocycles. The lowest BCUT2D eigenvalue weighted by Crippen LogP contribution is -2.09. The Kier molecular flexibility index (Phi) is 2.62. The third kappa shape index (κ3) is 1.83. The quantitative estimate of drug-likeness (QED) is 0.763. The monoisotopic (exact) mass is 261 g/mol. The Bertz CT molecular complexity index is 762. The van der Waals surface area contributed by atoms with Crippen LogP contribution in [-0.2, 0) is 6.42 Å². The second-order valence-electron chi connectivity index (χ2n) is 5.16. The summed E-state index contributed by atoms with van der Waals surface area (Å²) in [5, 5.41) is 4.78. The van der Waals surface area contributed by atoms with Crippen molar-refractivity contribution < 1.29 is 0 Å². The number of benzene rings is 1. The van der Waals surface area contributed by atoms with E-state index in [9.17, 15) is 0 Å². The fourth-order valence-electron chi connectivity index (χ4n) is 2.96. The van der Waals surface area contributed by atoms with E-state index in [-0.39, 0.29) is 0 Å². The van der Waals surface area contributed by atoms with Crippen LogP contribution >= 0.6 is 0 Å². The van der Waals surface area contributed by atoms with E-state index in [0.717, 1.165) is 29.4 Å². The summed E-state index contributed by atoms with van der Waals surface area (Å²) in [6, 6.07) is 14.8. The molecule has 2 heterocycles. The van der Waals surface area contributed by atoms with Crippen LogP contribution in [0.1, 0.15) is 23.7 Å². The van der Waals surface area contributed by atoms with E-state index in [4.69, 9.17) is 0 Å². The highest BCUT2D eigenvalue weighted by Gasteiger charge is 2.23. The van der Waals surface area contributed by atoms with Gasteiger partial charge in [-0.3, -0.25) is 9.97 Å². The van der Waals surface area contributed by atoms with E-state index in [1.807, 2.05) is 24.5 Å². The summed E-state index contributed by atoms with van der Waals surface area (Å²) in [5.74, 6) is 0. The summed E-state index contributed by atoms with van der Waals surface area (Å²) in [4.78, 5) is 9.03. The van der Waals surface area contributed by atoms with E-state index in [1.165, 1.54) is 11.3 Å². The van der Waals surface area contributed by atoms with Crippen molar-refractivity contribution in [1.29, 1.82) is 0 Å². The molecule has 0 aliphatic heterocycles. The third-order valence-corrected chi connectivity index (χ3v) is 3.92. The first-order valence-electron chi connectivity index (χ1n) is 6.96. The molecule has 20 heavy (non-hydrogen) atoms. The Morgan fingerprint density at radius 3 is 2.80 bits per heavy atom. The lowest BCUT2D eigenvalue weighted by molar-refractivity contribution is 0.747. The van der Waals surface area contributed by atoms with Crippen LogP contribution in [0.4, 0.5) is 5.69 Å². The molecule has 1 aromatic carbocycles. The lowest BCUT2D eigenvalue weighted by atomic mass is 10.1. The highest BCUT2D eigenvalue weighted by Crippen LogP contribution is 2.33. The molecule has 4 rings (SSSR count). The van der Waals surface area contributed by atoms with Crippen molar-refractivity contribution in [3.8, 4) is 0 Å². The number of nitrogens with one attached hydrogen (secondary N) is 1. The van der Waals surface area contributed by atoms with Gasteiger partial charge in [0.1, 0.15) is 0 Å². The standard InChI is InChI=1S/C17H15N3/c1-4-12-5-2-10-18-16(12)14(7-1)20-15-9-8-13-6-3-11-19-17(13)15/h1-7,10-11,15,20H,8-9H2. The maximum atomic E-state index is 4.53. The van der Waals surface area contributed by atoms with E-state index >= 15 is 0 Å². The van der Waals surface area contributed by atoms with Crippen LogP contribution in [0.25, 0.3) is 10.9 Å². The van der Waals surface area contributed by atoms with Gasteiger partial charge in [-0.15, -0.1) is 0 Å². The number of nitrogens with zero attached hydrogens (tertiary/aromatic N) is 2. The van der Waals surface area contributed by atoms with Crippen molar-refractivity contribution in [1.82, 2.24) is 9.97 Å². The van der Waals surface area contributed by atoms with Gasteiger partial charge in [0.25, 0.3) is 0 Å². The highest BCUT2D eigenvalue weighted by atomic mass is 15.0. The second kappa shape index (κ2) is 4.60. The maximum absolute atomic E-state index is 4.53. The Balaban J connectivity index is 1.73. The number of aromatic nitrogens is 2. The van der Waals surface area contributed by atoms with Crippen molar-refractivity contribution in [3.63, 3.8) is 0 Å². The fourth-order valence-corrected chi connectivity index (χ4v) is 2.96. The minimum absolute atomic E-state index is 0.291. The molecule has 1 aliphatic carbocycles. The molecule has 98 valence electrons. The SMILES string of the molecule is c1cnc2c(c1)CCC2Nc1cccc2cccnc12. The molecule has 0 fully saturated rings. The number of fused-ring (bicyclic) bond motifs is 2. The zero-order valence-electron chi connectivity index (χ0n) is 11.1. The normalized spacial score (nSPS) is 17.1. The second-order valence-corrected chi connectivity index (χ2v) is 5.16. The molecule has 3 nitrogen and oxygen atoms in total. The molecular formula is C17H15N3. The van der Waals surface area contributed by atoms with Gasteiger partial charge in [-0.1, -0.05) is 24.3 Å². The molecular weight excluding hydrogens is 246 g/mol. The molecule has 0 saturated carbocycles. The molecule has 0 amide bonds. The largest absolute Gasteiger partial charge is 0.375 e. The van der Waals surface area contributed by atoms with Crippen molar-refractivity contribution in [3.05, 3.63) is 66.1 Å². The summed E-state index contributed by atoms with van der Waals surface area (Å²) >= 11 is 0. The predicted molar refractivity (Wildman–Crippen MR) is 80.7 cm³/mol. The van der Waals surface area contributed by atoms with Gasteiger partial charge in [-0.25, -0.2) is 0 Å². The van der Waals surface area contributed by atoms with Gasteiger partial charge < -0.3 is 5.32 Å². The van der Waals surface area contributed by atoms with Crippen molar-refractivity contribution in [2.75, 3.05) is 5.32 Å². The Morgan fingerprint density at radius 2 is 1.80 bits per heavy atom. The number of hydrogen-bond donors (Lipinski definition) is 1. The molecule has 1 atom stereocenters. The fraction of sp³-hybridized carbons (Fsp3) is 0.176. The van der Waals surface area contributed by atoms with Crippen molar-refractivity contribution >= 4 is 16.6 Å². The smallest absolute Gasteiger partial charge is 0.0933 e.